The van der Waals surface area contributed by atoms with Gasteiger partial charge in [-0.05, 0) is 24.8 Å². The van der Waals surface area contributed by atoms with Gasteiger partial charge in [-0.15, -0.1) is 0 Å². The van der Waals surface area contributed by atoms with Crippen molar-refractivity contribution >= 4 is 11.9 Å². The van der Waals surface area contributed by atoms with Gasteiger partial charge in [-0.25, -0.2) is 10.6 Å². The maximum atomic E-state index is 11.7. The summed E-state index contributed by atoms with van der Waals surface area (Å²) in [4.78, 5) is 22.6. The van der Waals surface area contributed by atoms with Crippen molar-refractivity contribution < 1.29 is 9.59 Å². The number of amides is 3. The van der Waals surface area contributed by atoms with E-state index in [1.807, 2.05) is 25.3 Å². The van der Waals surface area contributed by atoms with Crippen LogP contribution in [-0.4, -0.2) is 11.9 Å². The molecule has 0 aliphatic carbocycles. The van der Waals surface area contributed by atoms with Crippen molar-refractivity contribution in [3.05, 3.63) is 23.8 Å². The third-order valence-electron chi connectivity index (χ3n) is 2.54. The van der Waals surface area contributed by atoms with E-state index < -0.39 is 11.9 Å². The van der Waals surface area contributed by atoms with E-state index in [1.54, 1.807) is 0 Å². The second-order valence-corrected chi connectivity index (χ2v) is 3.84. The molecule has 1 unspecified atom stereocenters. The molecule has 0 aromatic rings. The van der Waals surface area contributed by atoms with Crippen LogP contribution in [0.2, 0.25) is 0 Å². The third kappa shape index (κ3) is 4.82. The van der Waals surface area contributed by atoms with E-state index >= 15 is 0 Å². The molecule has 0 saturated carbocycles. The van der Waals surface area contributed by atoms with E-state index in [4.69, 9.17) is 5.84 Å². The van der Waals surface area contributed by atoms with E-state index in [9.17, 15) is 9.59 Å². The minimum atomic E-state index is -0.741. The van der Waals surface area contributed by atoms with Crippen LogP contribution in [0.3, 0.4) is 0 Å². The van der Waals surface area contributed by atoms with Crippen molar-refractivity contribution in [1.29, 1.82) is 0 Å². The maximum Gasteiger partial charge on any atom is 0.335 e. The van der Waals surface area contributed by atoms with Crippen LogP contribution in [0.15, 0.2) is 23.8 Å². The van der Waals surface area contributed by atoms with Crippen molar-refractivity contribution in [2.45, 2.75) is 33.6 Å². The lowest BCUT2D eigenvalue weighted by Crippen LogP contribution is -2.43. The van der Waals surface area contributed by atoms with Crippen molar-refractivity contribution in [3.8, 4) is 0 Å². The fourth-order valence-electron chi connectivity index (χ4n) is 1.69. The van der Waals surface area contributed by atoms with Crippen LogP contribution >= 0.6 is 0 Å². The number of allylic oxidation sites excluding steroid dienone is 1. The molecule has 0 heterocycles. The second kappa shape index (κ2) is 7.62. The zero-order chi connectivity index (χ0) is 13.4. The van der Waals surface area contributed by atoms with Gasteiger partial charge in [0, 0.05) is 5.57 Å². The first kappa shape index (κ1) is 15.4. The molecule has 0 spiro atoms. The highest BCUT2D eigenvalue weighted by Gasteiger charge is 2.17. The van der Waals surface area contributed by atoms with E-state index in [1.165, 1.54) is 0 Å². The quantitative estimate of drug-likeness (QED) is 0.224. The molecule has 5 nitrogen and oxygen atoms in total. The molecule has 0 saturated heterocycles. The molecule has 0 aromatic carbocycles. The first-order chi connectivity index (χ1) is 7.97. The average molecular weight is 239 g/mol. The summed E-state index contributed by atoms with van der Waals surface area (Å²) in [6, 6.07) is -0.741. The summed E-state index contributed by atoms with van der Waals surface area (Å²) in [5.74, 6) is 4.59. The van der Waals surface area contributed by atoms with Crippen LogP contribution in [-0.2, 0) is 4.79 Å². The fourth-order valence-corrected chi connectivity index (χ4v) is 1.69. The minimum absolute atomic E-state index is 0.240. The summed E-state index contributed by atoms with van der Waals surface area (Å²) in [6.45, 7) is 9.67. The molecular weight excluding hydrogens is 218 g/mol. The third-order valence-corrected chi connectivity index (χ3v) is 2.54. The molecule has 0 aromatic heterocycles. The smallest absolute Gasteiger partial charge is 0.276 e. The maximum absolute atomic E-state index is 11.7. The van der Waals surface area contributed by atoms with Crippen LogP contribution in [0.1, 0.15) is 33.6 Å². The van der Waals surface area contributed by atoms with Crippen molar-refractivity contribution in [3.63, 3.8) is 0 Å². The number of nitrogens with two attached hydrogens (primary N) is 1. The summed E-state index contributed by atoms with van der Waals surface area (Å²) < 4.78 is 0. The minimum Gasteiger partial charge on any atom is -0.276 e. The molecule has 1 atom stereocenters. The number of rotatable bonds is 5. The van der Waals surface area contributed by atoms with Gasteiger partial charge in [-0.3, -0.25) is 15.5 Å². The highest BCUT2D eigenvalue weighted by molar-refractivity contribution is 6.05. The van der Waals surface area contributed by atoms with Crippen LogP contribution in [0.4, 0.5) is 4.79 Å². The molecule has 0 bridgehead atoms. The predicted molar refractivity (Wildman–Crippen MR) is 67.8 cm³/mol. The number of hydrazine groups is 1. The number of hydrogen-bond acceptors (Lipinski definition) is 3. The number of imide groups is 1. The zero-order valence-electron chi connectivity index (χ0n) is 10.7. The van der Waals surface area contributed by atoms with Gasteiger partial charge >= 0.3 is 6.03 Å². The summed E-state index contributed by atoms with van der Waals surface area (Å²) in [5, 5.41) is 2.09. The Hall–Kier alpha value is -1.62. The zero-order valence-corrected chi connectivity index (χ0v) is 10.7. The summed E-state index contributed by atoms with van der Waals surface area (Å²) in [5.41, 5.74) is 2.99. The highest BCUT2D eigenvalue weighted by atomic mass is 16.2. The number of nitrogens with one attached hydrogen (secondary N) is 2. The highest BCUT2D eigenvalue weighted by Crippen LogP contribution is 2.22. The summed E-state index contributed by atoms with van der Waals surface area (Å²) >= 11 is 0. The summed E-state index contributed by atoms with van der Waals surface area (Å²) in [6.07, 6.45) is 3.84. The molecule has 0 aliphatic heterocycles. The van der Waals surface area contributed by atoms with Gasteiger partial charge in [0.15, 0.2) is 0 Å². The molecule has 0 rings (SSSR count). The summed E-state index contributed by atoms with van der Waals surface area (Å²) in [7, 11) is 0. The first-order valence-electron chi connectivity index (χ1n) is 5.65. The molecule has 4 N–H and O–H groups in total. The van der Waals surface area contributed by atoms with Crippen molar-refractivity contribution in [2.24, 2.45) is 11.8 Å². The SMILES string of the molecule is C=C(C(=O)NC(=O)NN)/C(=C\C)C(C)CCC. The van der Waals surface area contributed by atoms with Crippen LogP contribution in [0, 0.1) is 5.92 Å². The molecule has 96 valence electrons. The van der Waals surface area contributed by atoms with Gasteiger partial charge in [0.25, 0.3) is 5.91 Å². The molecular formula is C12H21N3O2. The van der Waals surface area contributed by atoms with Gasteiger partial charge in [0.05, 0.1) is 0 Å². The molecule has 3 amide bonds. The van der Waals surface area contributed by atoms with Gasteiger partial charge in [-0.1, -0.05) is 32.9 Å². The van der Waals surface area contributed by atoms with Crippen molar-refractivity contribution in [1.82, 2.24) is 10.7 Å². The van der Waals surface area contributed by atoms with E-state index in [2.05, 4.69) is 18.8 Å². The molecule has 17 heavy (non-hydrogen) atoms. The van der Waals surface area contributed by atoms with Gasteiger partial charge in [0.2, 0.25) is 0 Å². The Kier molecular flexibility index (Phi) is 6.89. The van der Waals surface area contributed by atoms with Crippen LogP contribution in [0.25, 0.3) is 0 Å². The first-order valence-corrected chi connectivity index (χ1v) is 5.65. The van der Waals surface area contributed by atoms with E-state index in [-0.39, 0.29) is 5.92 Å². The fraction of sp³-hybridized carbons (Fsp3) is 0.500. The topological polar surface area (TPSA) is 84.2 Å². The monoisotopic (exact) mass is 239 g/mol. The number of urea groups is 1. The number of carbonyl (C=O) groups is 2. The Bertz CT molecular complexity index is 335. The molecule has 0 aliphatic rings. The predicted octanol–water partition coefficient (Wildman–Crippen LogP) is 1.62. The second-order valence-electron chi connectivity index (χ2n) is 3.84. The molecule has 0 fully saturated rings. The molecule has 0 radical (unpaired) electrons. The average Bonchev–Trinajstić information content (AvgIpc) is 2.29. The Morgan fingerprint density at radius 3 is 2.47 bits per heavy atom. The standard InChI is InChI=1S/C12H21N3O2/c1-5-7-8(3)10(6-2)9(4)11(16)14-12(17)15-13/h6,8H,4-5,7,13H2,1-3H3,(H2,14,15,16,17)/b10-6-. The van der Waals surface area contributed by atoms with Gasteiger partial charge in [-0.2, -0.15) is 0 Å². The Morgan fingerprint density at radius 1 is 1.47 bits per heavy atom. The van der Waals surface area contributed by atoms with Gasteiger partial charge in [0.1, 0.15) is 0 Å². The van der Waals surface area contributed by atoms with Crippen LogP contribution in [0.5, 0.6) is 0 Å². The lowest BCUT2D eigenvalue weighted by molar-refractivity contribution is -0.116. The number of carbonyl (C=O) groups excluding carboxylic acids is 2. The normalized spacial score (nSPS) is 12.8. The lowest BCUT2D eigenvalue weighted by Gasteiger charge is -2.16. The van der Waals surface area contributed by atoms with Crippen molar-refractivity contribution in [2.75, 3.05) is 0 Å². The molecule has 5 heteroatoms. The Balaban J connectivity index is 4.66. The Morgan fingerprint density at radius 2 is 2.06 bits per heavy atom. The number of hydrogen-bond donors (Lipinski definition) is 3. The largest absolute Gasteiger partial charge is 0.335 e. The Labute approximate surface area is 102 Å². The lowest BCUT2D eigenvalue weighted by atomic mass is 9.90. The van der Waals surface area contributed by atoms with E-state index in [0.717, 1.165) is 18.4 Å². The van der Waals surface area contributed by atoms with E-state index in [0.29, 0.717) is 5.57 Å². The van der Waals surface area contributed by atoms with Gasteiger partial charge < -0.3 is 0 Å². The van der Waals surface area contributed by atoms with Crippen LogP contribution < -0.4 is 16.6 Å².